The van der Waals surface area contributed by atoms with Crippen molar-refractivity contribution in [2.45, 2.75) is 340 Å². The summed E-state index contributed by atoms with van der Waals surface area (Å²) in [6.45, 7) is 52.0. The number of unbranched alkanes of at least 4 members (excludes halogenated alkanes) is 24. The molecule has 0 radical (unpaired) electrons. The maximum absolute atomic E-state index is 6.81. The number of fused-ring (bicyclic) bond motifs is 8. The van der Waals surface area contributed by atoms with Gasteiger partial charge in [0.05, 0.1) is 154 Å². The Hall–Kier alpha value is -4.79. The Labute approximate surface area is 869 Å². The number of halogens is 4. The molecule has 0 aliphatic carbocycles. The van der Waals surface area contributed by atoms with E-state index in [0.717, 1.165) is 164 Å². The molecule has 17 heteroatoms. The zero-order chi connectivity index (χ0) is 90.6. The van der Waals surface area contributed by atoms with E-state index in [1.807, 2.05) is 0 Å². The number of hydrogen-bond donors (Lipinski definition) is 0. The van der Waals surface area contributed by atoms with Crippen molar-refractivity contribution < 1.29 is 105 Å². The Morgan fingerprint density at radius 2 is 0.376 bits per heavy atom. The van der Waals surface area contributed by atoms with E-state index in [-0.39, 0.29) is 91.0 Å². The fourth-order valence-electron chi connectivity index (χ4n) is 20.2. The van der Waals surface area contributed by atoms with Gasteiger partial charge in [-0.05, 0) is 297 Å². The van der Waals surface area contributed by atoms with Gasteiger partial charge in [0.2, 0.25) is 0 Å². The number of rotatable bonds is 72. The molecule has 133 heavy (non-hydrogen) atoms. The van der Waals surface area contributed by atoms with Crippen molar-refractivity contribution in [3.05, 3.63) is 144 Å². The third kappa shape index (κ3) is 40.0. The molecule has 0 saturated heterocycles. The summed E-state index contributed by atoms with van der Waals surface area (Å²) in [6, 6.07) is 43.5. The minimum absolute atomic E-state index is 0. The second-order valence-electron chi connectivity index (χ2n) is 38.7. The van der Waals surface area contributed by atoms with Gasteiger partial charge in [0, 0.05) is 0 Å². The minimum Gasteiger partial charge on any atom is -1.00 e. The van der Waals surface area contributed by atoms with Gasteiger partial charge in [0.25, 0.3) is 0 Å². The molecule has 8 bridgehead atoms. The normalized spacial score (nSPS) is 12.0. The second-order valence-corrected chi connectivity index (χ2v) is 38.7. The number of hydrogen-bond acceptors (Lipinski definition) is 6. The third-order valence-electron chi connectivity index (χ3n) is 28.1. The Bertz CT molecular complexity index is 3870. The summed E-state index contributed by atoms with van der Waals surface area (Å²) in [7, 11) is 0. The van der Waals surface area contributed by atoms with E-state index in [1.165, 1.54) is 328 Å². The first-order valence-electron chi connectivity index (χ1n) is 53.2. The van der Waals surface area contributed by atoms with Gasteiger partial charge >= 0.3 is 23.1 Å². The van der Waals surface area contributed by atoms with E-state index in [9.17, 15) is 0 Å². The van der Waals surface area contributed by atoms with Gasteiger partial charge in [-0.3, -0.25) is 0 Å². The van der Waals surface area contributed by atoms with Gasteiger partial charge < -0.3 is 115 Å². The zero-order valence-corrected chi connectivity index (χ0v) is 93.5. The summed E-state index contributed by atoms with van der Waals surface area (Å²) >= 11 is 0. The molecule has 738 valence electrons. The molecule has 0 spiro atoms. The molecule has 7 aromatic rings. The van der Waals surface area contributed by atoms with Gasteiger partial charge in [-0.1, -0.05) is 233 Å². The van der Waals surface area contributed by atoms with Crippen LogP contribution in [0.3, 0.4) is 0 Å². The van der Waals surface area contributed by atoms with Crippen molar-refractivity contribution in [2.75, 3.05) is 131 Å². The molecule has 5 heterocycles. The Balaban J connectivity index is 0.00000740. The summed E-state index contributed by atoms with van der Waals surface area (Å²) in [5.74, 6) is 3.39. The monoisotopic (exact) mass is 2090 g/mol. The molecule has 0 amide bonds. The van der Waals surface area contributed by atoms with Crippen molar-refractivity contribution >= 4 is 69.4 Å². The van der Waals surface area contributed by atoms with Crippen LogP contribution in [0.1, 0.15) is 363 Å². The first kappa shape index (κ1) is 121. The van der Waals surface area contributed by atoms with Crippen LogP contribution < -0.4 is 96.8 Å². The van der Waals surface area contributed by atoms with Gasteiger partial charge in [-0.2, -0.15) is 0 Å². The van der Waals surface area contributed by atoms with Crippen LogP contribution in [0.4, 0.5) is 0 Å². The molecule has 2 aliphatic rings. The van der Waals surface area contributed by atoms with Crippen LogP contribution >= 0.6 is 0 Å². The molecule has 4 aromatic carbocycles. The predicted octanol–water partition coefficient (Wildman–Crippen LogP) is 18.8. The van der Waals surface area contributed by atoms with E-state index in [4.69, 9.17) is 38.9 Å². The smallest absolute Gasteiger partial charge is 1.00 e. The molecule has 0 fully saturated rings. The first-order chi connectivity index (χ1) is 62.8. The Morgan fingerprint density at radius 3 is 0.549 bits per heavy atom. The van der Waals surface area contributed by atoms with Crippen LogP contribution in [-0.4, -0.2) is 182 Å². The number of benzene rings is 4. The molecule has 0 saturated carbocycles. The molecule has 0 N–H and O–H groups in total. The molecular formula is C116H180Br4MgN8O4. The van der Waals surface area contributed by atoms with Crippen molar-refractivity contribution in [3.8, 4) is 67.5 Å². The SMILES string of the molecule is CCCC[N+](CCCC)(CCCC)CCCCCCOc1cccc(-c2c3nc(c(-c4cccc(OCCCCCC[N+](CCCC)(CCCC)CCCC)c4)c4ccc([n-]4)c(-c4cccc(OCCCCCC[N+](CCCC)(CCCC)CCCC)c4)c4nc(c(-c5cccc(OCCCCCC[N+](CCCC)(CCCC)CCCC)c5)c5ccc2[n-]5)C=C4)C=C3)c1.[Br-].[Br-].[Br-].[Br-].[Mg+2]. The van der Waals surface area contributed by atoms with Gasteiger partial charge in [-0.15, -0.1) is 22.1 Å². The van der Waals surface area contributed by atoms with E-state index >= 15 is 0 Å². The number of nitrogens with zero attached hydrogens (tertiary/aromatic N) is 8. The van der Waals surface area contributed by atoms with E-state index in [1.54, 1.807) is 0 Å². The second kappa shape index (κ2) is 69.1. The van der Waals surface area contributed by atoms with Crippen LogP contribution in [0.5, 0.6) is 23.0 Å². The number of quaternary nitrogens is 4. The Morgan fingerprint density at radius 1 is 0.211 bits per heavy atom. The third-order valence-corrected chi connectivity index (χ3v) is 28.1. The summed E-state index contributed by atoms with van der Waals surface area (Å²) in [4.78, 5) is 23.2. The summed E-state index contributed by atoms with van der Waals surface area (Å²) in [6.07, 6.45) is 58.5. The molecule has 2 aliphatic heterocycles. The van der Waals surface area contributed by atoms with E-state index in [0.29, 0.717) is 26.4 Å². The number of aromatic nitrogens is 4. The van der Waals surface area contributed by atoms with Crippen molar-refractivity contribution in [3.63, 3.8) is 0 Å². The molecule has 3 aromatic heterocycles. The van der Waals surface area contributed by atoms with E-state index < -0.39 is 0 Å². The Kier molecular flexibility index (Phi) is 62.6. The zero-order valence-electron chi connectivity index (χ0n) is 85.7. The van der Waals surface area contributed by atoms with Crippen LogP contribution in [0.25, 0.3) is 90.9 Å². The first-order valence-corrected chi connectivity index (χ1v) is 53.2. The molecule has 0 unspecified atom stereocenters. The predicted molar refractivity (Wildman–Crippen MR) is 558 cm³/mol. The van der Waals surface area contributed by atoms with Crippen molar-refractivity contribution in [2.24, 2.45) is 0 Å². The van der Waals surface area contributed by atoms with Crippen molar-refractivity contribution in [1.82, 2.24) is 19.9 Å². The quantitative estimate of drug-likeness (QED) is 0.0212. The topological polar surface area (TPSA) is 90.9 Å². The van der Waals surface area contributed by atoms with Crippen LogP contribution in [0.15, 0.2) is 121 Å². The van der Waals surface area contributed by atoms with Crippen LogP contribution in [0, 0.1) is 0 Å². The van der Waals surface area contributed by atoms with Gasteiger partial charge in [-0.25, -0.2) is 9.97 Å². The molecule has 0 atom stereocenters. The average Bonchev–Trinajstić information content (AvgIpc) is 1.61. The number of ether oxygens (including phenoxy) is 4. The van der Waals surface area contributed by atoms with Crippen molar-refractivity contribution in [1.29, 1.82) is 0 Å². The molecule has 12 nitrogen and oxygen atoms in total. The largest absolute Gasteiger partial charge is 2.00 e. The van der Waals surface area contributed by atoms with Crippen LogP contribution in [-0.2, 0) is 0 Å². The fraction of sp³-hybridized carbons (Fsp3) is 0.621. The average molecular weight is 2090 g/mol. The summed E-state index contributed by atoms with van der Waals surface area (Å²) < 4.78 is 32.5. The fourth-order valence-corrected chi connectivity index (χ4v) is 20.2. The standard InChI is InChI=1S/C116H180N8O4.4BrH.Mg/c1-13-25-73-121(74-26-14-2,75-27-15-3)85-45-37-41-49-89-125-101-61-53-57-97(93-101)113-105-65-67-107(117-105)114(98-58-54-62-102(94-98)126-90-50-42-38-46-86-122(76-28-16-4,77-29-17-5)78-30-18-6)109-69-71-111(119-109)116(100-60-56-64-104(96-100)128-92-52-44-40-48-88-124(82-34-22-10,83-35-23-11)84-36-24-12)112-72-70-110(120-112)115(108-68-66-106(113)118-108)99-59-55-63-103(95-99)127-91-51-43-39-47-87-123(79-31-19-7,80-32-20-8)81-33-21-9;;;;;/h53-72,93-96H,13-52,73-92H2,1-12H3;4*1H;/q+2;;;;;+2/p-4. The summed E-state index contributed by atoms with van der Waals surface area (Å²) in [5.41, 5.74) is 14.2. The van der Waals surface area contributed by atoms with Gasteiger partial charge in [0.1, 0.15) is 23.0 Å². The molecular weight excluding hydrogens is 1910 g/mol. The maximum atomic E-state index is 6.81. The van der Waals surface area contributed by atoms with E-state index in [2.05, 4.69) is 229 Å². The molecule has 9 rings (SSSR count). The minimum atomic E-state index is 0. The van der Waals surface area contributed by atoms with Crippen LogP contribution in [0.2, 0.25) is 0 Å². The summed E-state index contributed by atoms with van der Waals surface area (Å²) in [5, 5.41) is 0. The van der Waals surface area contributed by atoms with Gasteiger partial charge in [0.15, 0.2) is 0 Å². The maximum Gasteiger partial charge on any atom is 2.00 e.